The molecule has 0 aliphatic heterocycles. The highest BCUT2D eigenvalue weighted by Gasteiger charge is 2.32. The number of thioether (sulfide) groups is 1. The van der Waals surface area contributed by atoms with Crippen molar-refractivity contribution in [2.24, 2.45) is 0 Å². The minimum Gasteiger partial charge on any atom is -0.468 e. The zero-order chi connectivity index (χ0) is 19.9. The Morgan fingerprint density at radius 3 is 2.65 bits per heavy atom. The smallest absolute Gasteiger partial charge is 0.321 e. The second kappa shape index (κ2) is 9.54. The number of anilines is 1. The summed E-state index contributed by atoms with van der Waals surface area (Å²) >= 11 is 1.26. The Balaban J connectivity index is 3.16. The number of carbonyl (C=O) groups is 2. The van der Waals surface area contributed by atoms with Gasteiger partial charge >= 0.3 is 5.97 Å². The van der Waals surface area contributed by atoms with Crippen LogP contribution in [-0.4, -0.2) is 50.8 Å². The lowest BCUT2D eigenvalue weighted by molar-refractivity contribution is -0.142. The van der Waals surface area contributed by atoms with E-state index in [0.717, 1.165) is 0 Å². The van der Waals surface area contributed by atoms with Crippen molar-refractivity contribution >= 4 is 30.0 Å². The minimum absolute atomic E-state index is 0.112. The van der Waals surface area contributed by atoms with Crippen molar-refractivity contribution < 1.29 is 19.4 Å². The zero-order valence-electron chi connectivity index (χ0n) is 15.8. The number of allylic oxidation sites excluding steroid dienone is 1. The molecule has 0 saturated heterocycles. The quantitative estimate of drug-likeness (QED) is 0.488. The number of hydrogen-bond acceptors (Lipinski definition) is 8. The molecule has 0 atom stereocenters. The molecule has 1 heterocycles. The number of aromatic nitrogens is 2. The third kappa shape index (κ3) is 5.70. The van der Waals surface area contributed by atoms with Crippen LogP contribution in [0.4, 0.5) is 5.82 Å². The molecule has 3 N–H and O–H groups in total. The van der Waals surface area contributed by atoms with Crippen molar-refractivity contribution in [2.75, 3.05) is 19.5 Å². The van der Waals surface area contributed by atoms with Crippen LogP contribution in [-0.2, 0) is 20.9 Å². The average molecular weight is 382 g/mol. The largest absolute Gasteiger partial charge is 0.468 e. The number of aliphatic hydroxyl groups excluding tert-OH is 1. The van der Waals surface area contributed by atoms with Gasteiger partial charge in [0.25, 0.3) is 0 Å². The minimum atomic E-state index is -0.860. The Kier molecular flexibility index (Phi) is 8.04. The van der Waals surface area contributed by atoms with Crippen LogP contribution in [0.2, 0.25) is 0 Å². The number of aliphatic hydroxyl groups is 1. The van der Waals surface area contributed by atoms with Crippen molar-refractivity contribution in [3.8, 4) is 0 Å². The van der Waals surface area contributed by atoms with Crippen LogP contribution in [0.1, 0.15) is 38.6 Å². The van der Waals surface area contributed by atoms with Crippen molar-refractivity contribution in [1.29, 1.82) is 0 Å². The lowest BCUT2D eigenvalue weighted by Crippen LogP contribution is -2.30. The van der Waals surface area contributed by atoms with E-state index in [2.05, 4.69) is 9.97 Å². The van der Waals surface area contributed by atoms with Gasteiger partial charge in [-0.05, 0) is 27.7 Å². The van der Waals surface area contributed by atoms with Gasteiger partial charge in [-0.2, -0.15) is 0 Å². The van der Waals surface area contributed by atoms with Gasteiger partial charge in [-0.25, -0.2) is 9.97 Å². The van der Waals surface area contributed by atoms with Crippen LogP contribution in [0.15, 0.2) is 16.8 Å². The highest BCUT2D eigenvalue weighted by molar-refractivity contribution is 8.05. The summed E-state index contributed by atoms with van der Waals surface area (Å²) in [5, 5.41) is 9.39. The van der Waals surface area contributed by atoms with Crippen LogP contribution in [0, 0.1) is 6.92 Å². The van der Waals surface area contributed by atoms with E-state index >= 15 is 0 Å². The predicted molar refractivity (Wildman–Crippen MR) is 101 cm³/mol. The molecule has 0 radical (unpaired) electrons. The number of esters is 1. The first-order chi connectivity index (χ1) is 12.2. The number of nitrogens with two attached hydrogens (primary N) is 1. The maximum atomic E-state index is 12.0. The number of nitrogens with zero attached hydrogens (tertiary/aromatic N) is 3. The van der Waals surface area contributed by atoms with Gasteiger partial charge in [0.05, 0.1) is 13.7 Å². The Morgan fingerprint density at radius 2 is 2.15 bits per heavy atom. The number of carbonyl (C=O) groups excluding carboxylic acids is 2. The van der Waals surface area contributed by atoms with Gasteiger partial charge in [0, 0.05) is 35.4 Å². The molecule has 8 nitrogen and oxygen atoms in total. The van der Waals surface area contributed by atoms with Gasteiger partial charge < -0.3 is 20.5 Å². The molecule has 0 fully saturated rings. The van der Waals surface area contributed by atoms with E-state index in [9.17, 15) is 14.7 Å². The third-order valence-electron chi connectivity index (χ3n) is 3.71. The molecule has 9 heteroatoms. The van der Waals surface area contributed by atoms with Crippen LogP contribution in [0.3, 0.4) is 0 Å². The molecule has 0 aromatic carbocycles. The van der Waals surface area contributed by atoms with Crippen LogP contribution in [0.25, 0.3) is 0 Å². The summed E-state index contributed by atoms with van der Waals surface area (Å²) in [4.78, 5) is 34.0. The van der Waals surface area contributed by atoms with Crippen molar-refractivity contribution in [3.63, 3.8) is 0 Å². The fourth-order valence-corrected chi connectivity index (χ4v) is 3.46. The van der Waals surface area contributed by atoms with E-state index in [1.165, 1.54) is 23.8 Å². The molecule has 26 heavy (non-hydrogen) atoms. The topological polar surface area (TPSA) is 119 Å². The Morgan fingerprint density at radius 1 is 1.50 bits per heavy atom. The summed E-state index contributed by atoms with van der Waals surface area (Å²) in [5.41, 5.74) is 7.14. The first-order valence-corrected chi connectivity index (χ1v) is 8.85. The summed E-state index contributed by atoms with van der Waals surface area (Å²) < 4.78 is 3.96. The number of amides is 1. The third-order valence-corrected chi connectivity index (χ3v) is 5.14. The summed E-state index contributed by atoms with van der Waals surface area (Å²) in [6.45, 7) is 7.02. The molecular formula is C17H26N4O4S. The zero-order valence-corrected chi connectivity index (χ0v) is 16.6. The lowest BCUT2D eigenvalue weighted by atomic mass is 10.2. The maximum absolute atomic E-state index is 12.0. The van der Waals surface area contributed by atoms with E-state index in [1.807, 2.05) is 0 Å². The SMILES string of the molecule is COC(=O)C(C)(C)S/C(CCO)=C(/C)N(C=O)Cc1cnc(C)nc1N. The van der Waals surface area contributed by atoms with Crippen LogP contribution < -0.4 is 5.73 Å². The molecule has 1 rings (SSSR count). The summed E-state index contributed by atoms with van der Waals surface area (Å²) in [7, 11) is 1.32. The molecule has 1 amide bonds. The molecule has 144 valence electrons. The van der Waals surface area contributed by atoms with E-state index < -0.39 is 4.75 Å². The number of ether oxygens (including phenoxy) is 1. The van der Waals surface area contributed by atoms with Crippen molar-refractivity contribution in [1.82, 2.24) is 14.9 Å². The predicted octanol–water partition coefficient (Wildman–Crippen LogP) is 1.62. The van der Waals surface area contributed by atoms with Crippen LogP contribution in [0.5, 0.6) is 0 Å². The standard InChI is InChI=1S/C17H26N4O4S/c1-11(14(6-7-22)26-17(3,4)16(24)25-5)21(10-23)9-13-8-19-12(2)20-15(13)18/h8,10,22H,6-7,9H2,1-5H3,(H2,18,19,20)/b14-11-. The fourth-order valence-electron chi connectivity index (χ4n) is 2.22. The van der Waals surface area contributed by atoms with Gasteiger partial charge in [0.15, 0.2) is 0 Å². The summed E-state index contributed by atoms with van der Waals surface area (Å²) in [5.74, 6) is 0.468. The van der Waals surface area contributed by atoms with Crippen molar-refractivity contribution in [3.05, 3.63) is 28.2 Å². The molecule has 0 bridgehead atoms. The van der Waals surface area contributed by atoms with E-state index in [-0.39, 0.29) is 19.1 Å². The summed E-state index contributed by atoms with van der Waals surface area (Å²) in [6.07, 6.45) is 2.57. The highest BCUT2D eigenvalue weighted by atomic mass is 32.2. The summed E-state index contributed by atoms with van der Waals surface area (Å²) in [6, 6.07) is 0. The molecular weight excluding hydrogens is 356 g/mol. The van der Waals surface area contributed by atoms with Gasteiger partial charge in [-0.3, -0.25) is 9.59 Å². The maximum Gasteiger partial charge on any atom is 0.321 e. The molecule has 1 aromatic heterocycles. The second-order valence-electron chi connectivity index (χ2n) is 6.15. The Labute approximate surface area is 157 Å². The molecule has 0 aliphatic carbocycles. The number of methoxy groups -OCH3 is 1. The van der Waals surface area contributed by atoms with Crippen LogP contribution >= 0.6 is 11.8 Å². The molecule has 0 spiro atoms. The highest BCUT2D eigenvalue weighted by Crippen LogP contribution is 2.37. The van der Waals surface area contributed by atoms with Crippen molar-refractivity contribution in [2.45, 2.75) is 45.4 Å². The van der Waals surface area contributed by atoms with Gasteiger partial charge in [-0.1, -0.05) is 0 Å². The van der Waals surface area contributed by atoms with Gasteiger partial charge in [0.1, 0.15) is 16.4 Å². The molecule has 1 aromatic rings. The second-order valence-corrected chi connectivity index (χ2v) is 7.86. The number of rotatable bonds is 9. The average Bonchev–Trinajstić information content (AvgIpc) is 2.59. The van der Waals surface area contributed by atoms with E-state index in [1.54, 1.807) is 33.9 Å². The Hall–Kier alpha value is -2.13. The normalized spacial score (nSPS) is 12.4. The number of aryl methyl sites for hydroxylation is 1. The van der Waals surface area contributed by atoms with Gasteiger partial charge in [0.2, 0.25) is 6.41 Å². The fraction of sp³-hybridized carbons (Fsp3) is 0.529. The lowest BCUT2D eigenvalue weighted by Gasteiger charge is -2.27. The monoisotopic (exact) mass is 382 g/mol. The molecule has 0 unspecified atom stereocenters. The first kappa shape index (κ1) is 21.9. The van der Waals surface area contributed by atoms with E-state index in [0.29, 0.717) is 40.6 Å². The first-order valence-electron chi connectivity index (χ1n) is 8.04. The molecule has 0 aliphatic rings. The number of hydrogen-bond donors (Lipinski definition) is 2. The number of nitrogen functional groups attached to an aromatic ring is 1. The Bertz CT molecular complexity index is 691. The molecule has 0 saturated carbocycles. The van der Waals surface area contributed by atoms with E-state index in [4.69, 9.17) is 10.5 Å². The van der Waals surface area contributed by atoms with Gasteiger partial charge in [-0.15, -0.1) is 11.8 Å².